The molecule has 4 rings (SSSR count). The lowest BCUT2D eigenvalue weighted by molar-refractivity contribution is 0.403. The lowest BCUT2D eigenvalue weighted by atomic mass is 9.55. The van der Waals surface area contributed by atoms with E-state index in [9.17, 15) is 0 Å². The van der Waals surface area contributed by atoms with Gasteiger partial charge in [0.15, 0.2) is 0 Å². The van der Waals surface area contributed by atoms with Crippen molar-refractivity contribution in [3.63, 3.8) is 0 Å². The van der Waals surface area contributed by atoms with Gasteiger partial charge in [0.05, 0.1) is 5.41 Å². The molecule has 2 unspecified atom stereocenters. The van der Waals surface area contributed by atoms with Gasteiger partial charge < -0.3 is 0 Å². The van der Waals surface area contributed by atoms with Gasteiger partial charge in [0.1, 0.15) is 0 Å². The lowest BCUT2D eigenvalue weighted by Gasteiger charge is -2.48. The van der Waals surface area contributed by atoms with Crippen molar-refractivity contribution in [3.8, 4) is 0 Å². The molecule has 176 valence electrons. The zero-order chi connectivity index (χ0) is 23.6. The summed E-state index contributed by atoms with van der Waals surface area (Å²) >= 11 is 0. The van der Waals surface area contributed by atoms with Crippen LogP contribution in [0.1, 0.15) is 91.2 Å². The smallest absolute Gasteiger partial charge is 0.0627 e. The molecule has 0 fully saturated rings. The maximum absolute atomic E-state index is 2.47. The normalized spacial score (nSPS) is 22.4. The molecule has 0 amide bonds. The molecule has 0 nitrogen and oxygen atoms in total. The average molecular weight is 441 g/mol. The molecule has 2 aliphatic carbocycles. The molecule has 0 saturated heterocycles. The first-order valence-corrected chi connectivity index (χ1v) is 13.4. The van der Waals surface area contributed by atoms with Crippen molar-refractivity contribution in [2.45, 2.75) is 85.5 Å². The van der Waals surface area contributed by atoms with E-state index in [-0.39, 0.29) is 5.41 Å². The highest BCUT2D eigenvalue weighted by molar-refractivity contribution is 5.60. The van der Waals surface area contributed by atoms with Gasteiger partial charge in [-0.15, -0.1) is 0 Å². The fourth-order valence-corrected chi connectivity index (χ4v) is 6.75. The molecule has 0 spiro atoms. The van der Waals surface area contributed by atoms with Crippen LogP contribution >= 0.6 is 0 Å². The minimum Gasteiger partial charge on any atom is -0.0669 e. The van der Waals surface area contributed by atoms with Crippen LogP contribution in [0.5, 0.6) is 0 Å². The molecule has 2 aliphatic rings. The van der Waals surface area contributed by atoms with E-state index in [2.05, 4.69) is 102 Å². The molecule has 2 aromatic carbocycles. The third kappa shape index (κ3) is 4.51. The molecule has 0 aliphatic heterocycles. The van der Waals surface area contributed by atoms with Gasteiger partial charge in [0.25, 0.3) is 0 Å². The maximum atomic E-state index is 2.47. The first kappa shape index (κ1) is 24.1. The van der Waals surface area contributed by atoms with Crippen molar-refractivity contribution in [1.29, 1.82) is 0 Å². The number of benzene rings is 2. The molecular weight excluding hydrogens is 396 g/mol. The van der Waals surface area contributed by atoms with Gasteiger partial charge in [-0.05, 0) is 73.3 Å². The van der Waals surface area contributed by atoms with Crippen LogP contribution < -0.4 is 0 Å². The fraction of sp³-hybridized carbons (Fsp3) is 0.515. The van der Waals surface area contributed by atoms with Crippen LogP contribution in [0.3, 0.4) is 0 Å². The Labute approximate surface area is 203 Å². The van der Waals surface area contributed by atoms with E-state index < -0.39 is 0 Å². The molecule has 0 aromatic heterocycles. The molecule has 2 aromatic rings. The van der Waals surface area contributed by atoms with E-state index in [0.29, 0.717) is 11.8 Å². The minimum absolute atomic E-state index is 0.148. The Morgan fingerprint density at radius 3 is 1.30 bits per heavy atom. The monoisotopic (exact) mass is 440 g/mol. The van der Waals surface area contributed by atoms with Crippen molar-refractivity contribution >= 4 is 0 Å². The van der Waals surface area contributed by atoms with Crippen molar-refractivity contribution in [1.82, 2.24) is 0 Å². The number of allylic oxidation sites excluding steroid dienone is 4. The molecule has 0 N–H and O–H groups in total. The quantitative estimate of drug-likeness (QED) is 0.392. The minimum atomic E-state index is -0.148. The van der Waals surface area contributed by atoms with Gasteiger partial charge in [-0.1, -0.05) is 124 Å². The Hall–Kier alpha value is -2.08. The van der Waals surface area contributed by atoms with Crippen molar-refractivity contribution in [2.24, 2.45) is 23.7 Å². The van der Waals surface area contributed by atoms with Gasteiger partial charge in [-0.2, -0.15) is 0 Å². The predicted molar refractivity (Wildman–Crippen MR) is 143 cm³/mol. The molecule has 0 radical (unpaired) electrons. The van der Waals surface area contributed by atoms with E-state index in [1.807, 2.05) is 0 Å². The molecule has 0 heterocycles. The van der Waals surface area contributed by atoms with E-state index in [4.69, 9.17) is 0 Å². The van der Waals surface area contributed by atoms with Gasteiger partial charge in [0, 0.05) is 0 Å². The molecule has 33 heavy (non-hydrogen) atoms. The van der Waals surface area contributed by atoms with Crippen molar-refractivity contribution in [2.75, 3.05) is 0 Å². The van der Waals surface area contributed by atoms with Crippen LogP contribution in [0.15, 0.2) is 83.0 Å². The summed E-state index contributed by atoms with van der Waals surface area (Å²) in [6.07, 6.45) is 7.55. The fourth-order valence-electron chi connectivity index (χ4n) is 6.75. The summed E-state index contributed by atoms with van der Waals surface area (Å²) in [5.74, 6) is 2.64. The number of hydrogen-bond acceptors (Lipinski definition) is 0. The SMILES string of the molecule is CC1CCC(C(C)C)=C(C(C2=C(C(C)C)CCC(C)C2)(c2ccccc2)c2ccccc2)C1. The second kappa shape index (κ2) is 10.0. The number of hydrogen-bond donors (Lipinski definition) is 0. The first-order valence-electron chi connectivity index (χ1n) is 13.4. The summed E-state index contributed by atoms with van der Waals surface area (Å²) in [6.45, 7) is 14.6. The van der Waals surface area contributed by atoms with Gasteiger partial charge in [-0.25, -0.2) is 0 Å². The Bertz CT molecular complexity index is 903. The summed E-state index contributed by atoms with van der Waals surface area (Å²) < 4.78 is 0. The van der Waals surface area contributed by atoms with E-state index in [1.165, 1.54) is 49.7 Å². The lowest BCUT2D eigenvalue weighted by Crippen LogP contribution is -2.39. The van der Waals surface area contributed by atoms with E-state index in [0.717, 1.165) is 11.8 Å². The van der Waals surface area contributed by atoms with Crippen LogP contribution in [0, 0.1) is 23.7 Å². The Morgan fingerprint density at radius 1 is 0.606 bits per heavy atom. The second-order valence-electron chi connectivity index (χ2n) is 11.5. The number of rotatable bonds is 6. The highest BCUT2D eigenvalue weighted by Gasteiger charge is 2.46. The summed E-state index contributed by atoms with van der Waals surface area (Å²) in [7, 11) is 0. The third-order valence-corrected chi connectivity index (χ3v) is 8.41. The molecule has 0 heteroatoms. The van der Waals surface area contributed by atoms with Gasteiger partial charge in [-0.3, -0.25) is 0 Å². The first-order chi connectivity index (χ1) is 15.9. The summed E-state index contributed by atoms with van der Waals surface area (Å²) in [6, 6.07) is 23.1. The van der Waals surface area contributed by atoms with Crippen LogP contribution in [0.4, 0.5) is 0 Å². The largest absolute Gasteiger partial charge is 0.0669 e. The Morgan fingerprint density at radius 2 is 0.970 bits per heavy atom. The highest BCUT2D eigenvalue weighted by atomic mass is 14.5. The topological polar surface area (TPSA) is 0 Å². The van der Waals surface area contributed by atoms with Crippen LogP contribution in [-0.4, -0.2) is 0 Å². The standard InChI is InChI=1S/C33H44/c1-23(2)29-19-17-25(5)21-31(29)33(27-13-9-7-10-14-27,28-15-11-8-12-16-28)32-22-26(6)18-20-30(32)24(3)4/h7-16,23-26H,17-22H2,1-6H3. The molecule has 0 saturated carbocycles. The molecule has 0 bridgehead atoms. The average Bonchev–Trinajstić information content (AvgIpc) is 2.81. The summed E-state index contributed by atoms with van der Waals surface area (Å²) in [5, 5.41) is 0. The summed E-state index contributed by atoms with van der Waals surface area (Å²) in [4.78, 5) is 0. The van der Waals surface area contributed by atoms with Crippen LogP contribution in [0.25, 0.3) is 0 Å². The Kier molecular flexibility index (Phi) is 7.32. The summed E-state index contributed by atoms with van der Waals surface area (Å²) in [5.41, 5.74) is 9.67. The van der Waals surface area contributed by atoms with Crippen LogP contribution in [0.2, 0.25) is 0 Å². The third-order valence-electron chi connectivity index (χ3n) is 8.41. The predicted octanol–water partition coefficient (Wildman–Crippen LogP) is 9.52. The van der Waals surface area contributed by atoms with Crippen molar-refractivity contribution < 1.29 is 0 Å². The van der Waals surface area contributed by atoms with Gasteiger partial charge >= 0.3 is 0 Å². The maximum Gasteiger partial charge on any atom is 0.0627 e. The van der Waals surface area contributed by atoms with Gasteiger partial charge in [0.2, 0.25) is 0 Å². The molecule has 2 atom stereocenters. The van der Waals surface area contributed by atoms with E-state index in [1.54, 1.807) is 22.3 Å². The second-order valence-corrected chi connectivity index (χ2v) is 11.5. The molecular formula is C33H44. The zero-order valence-corrected chi connectivity index (χ0v) is 21.8. The Balaban J connectivity index is 2.18. The van der Waals surface area contributed by atoms with Crippen molar-refractivity contribution in [3.05, 3.63) is 94.1 Å². The van der Waals surface area contributed by atoms with Crippen LogP contribution in [-0.2, 0) is 5.41 Å². The highest BCUT2D eigenvalue weighted by Crippen LogP contribution is 2.56. The van der Waals surface area contributed by atoms with E-state index >= 15 is 0 Å². The zero-order valence-electron chi connectivity index (χ0n) is 21.8.